The molecule has 14 aromatic rings. The lowest BCUT2D eigenvalue weighted by atomic mass is 9.65. The molecule has 1 atom stereocenters. The summed E-state index contributed by atoms with van der Waals surface area (Å²) in [6, 6.07) is 113. The molecule has 20 rings (SSSR count). The highest BCUT2D eigenvalue weighted by Gasteiger charge is 2.54. The van der Waals surface area contributed by atoms with Crippen LogP contribution in [0.2, 0.25) is 0 Å². The molecule has 1 aromatic heterocycles. The molecule has 448 valence electrons. The first-order chi connectivity index (χ1) is 47.6. The zero-order chi connectivity index (χ0) is 63.1. The largest absolute Gasteiger partial charge is 0.243 e. The van der Waals surface area contributed by atoms with Crippen LogP contribution in [0.15, 0.2) is 339 Å². The van der Waals surface area contributed by atoms with E-state index >= 15 is 0 Å². The summed E-state index contributed by atoms with van der Waals surface area (Å²) in [6.45, 7) is 0. The second kappa shape index (κ2) is 21.3. The van der Waals surface area contributed by atoms with Gasteiger partial charge in [0.05, 0.1) is 33.3 Å². The normalized spacial score (nSPS) is 16.1. The first kappa shape index (κ1) is 54.7. The van der Waals surface area contributed by atoms with E-state index in [0.717, 1.165) is 98.2 Å². The molecule has 6 aliphatic carbocycles. The molecule has 0 aliphatic heterocycles. The average molecular weight is 1220 g/mol. The molecular weight excluding hydrogens is 1160 g/mol. The van der Waals surface area contributed by atoms with Crippen LogP contribution in [-0.4, -0.2) is 9.97 Å². The Labute approximate surface area is 560 Å². The topological polar surface area (TPSA) is 25.8 Å². The van der Waals surface area contributed by atoms with Gasteiger partial charge in [0, 0.05) is 22.3 Å². The van der Waals surface area contributed by atoms with Gasteiger partial charge >= 0.3 is 0 Å². The fourth-order valence-corrected chi connectivity index (χ4v) is 17.8. The van der Waals surface area contributed by atoms with Crippen molar-refractivity contribution in [3.05, 3.63) is 383 Å². The summed E-state index contributed by atoms with van der Waals surface area (Å²) in [6.07, 6.45) is 13.8. The van der Waals surface area contributed by atoms with Crippen molar-refractivity contribution in [2.45, 2.75) is 36.5 Å². The maximum absolute atomic E-state index is 6.00. The Kier molecular flexibility index (Phi) is 12.2. The van der Waals surface area contributed by atoms with Gasteiger partial charge in [-0.15, -0.1) is 0 Å². The van der Waals surface area contributed by atoms with Gasteiger partial charge in [-0.25, -0.2) is 9.97 Å². The van der Waals surface area contributed by atoms with E-state index in [0.29, 0.717) is 0 Å². The molecule has 1 heterocycles. The lowest BCUT2D eigenvalue weighted by Crippen LogP contribution is -2.29. The summed E-state index contributed by atoms with van der Waals surface area (Å²) in [5, 5.41) is 0. The van der Waals surface area contributed by atoms with E-state index in [1.54, 1.807) is 11.1 Å². The zero-order valence-corrected chi connectivity index (χ0v) is 52.9. The Balaban J connectivity index is 0.765. The van der Waals surface area contributed by atoms with Gasteiger partial charge in [-0.05, 0) is 195 Å². The molecular formula is C94H62N2. The van der Waals surface area contributed by atoms with Gasteiger partial charge < -0.3 is 0 Å². The maximum Gasteiger partial charge on any atom is 0.0979 e. The summed E-state index contributed by atoms with van der Waals surface area (Å²) in [7, 11) is 0. The highest BCUT2D eigenvalue weighted by molar-refractivity contribution is 6.05. The highest BCUT2D eigenvalue weighted by atomic mass is 14.8. The molecule has 0 bridgehead atoms. The smallest absolute Gasteiger partial charge is 0.0979 e. The Hall–Kier alpha value is -11.8. The number of hydrogen-bond donors (Lipinski definition) is 0. The van der Waals surface area contributed by atoms with Crippen molar-refractivity contribution in [1.29, 1.82) is 0 Å². The first-order valence-corrected chi connectivity index (χ1v) is 34.0. The number of allylic oxidation sites excluding steroid dienone is 8. The van der Waals surface area contributed by atoms with E-state index in [2.05, 4.69) is 328 Å². The van der Waals surface area contributed by atoms with Crippen LogP contribution >= 0.6 is 0 Å². The highest BCUT2D eigenvalue weighted by Crippen LogP contribution is 2.66. The number of aromatic nitrogens is 2. The van der Waals surface area contributed by atoms with E-state index in [4.69, 9.17) is 9.97 Å². The number of hydrogen-bond acceptors (Lipinski definition) is 2. The summed E-state index contributed by atoms with van der Waals surface area (Å²) < 4.78 is 0. The number of rotatable bonds is 8. The van der Waals surface area contributed by atoms with Crippen LogP contribution in [0.3, 0.4) is 0 Å². The van der Waals surface area contributed by atoms with Crippen molar-refractivity contribution in [3.63, 3.8) is 0 Å². The van der Waals surface area contributed by atoms with Gasteiger partial charge in [-0.2, -0.15) is 0 Å². The minimum atomic E-state index is -0.436. The van der Waals surface area contributed by atoms with Crippen molar-refractivity contribution in [2.24, 2.45) is 0 Å². The number of nitrogens with zero attached hydrogens (tertiary/aromatic N) is 2. The summed E-state index contributed by atoms with van der Waals surface area (Å²) in [4.78, 5) is 12.0. The molecule has 96 heavy (non-hydrogen) atoms. The zero-order valence-electron chi connectivity index (χ0n) is 52.9. The van der Waals surface area contributed by atoms with Gasteiger partial charge in [0.15, 0.2) is 0 Å². The fourth-order valence-electron chi connectivity index (χ4n) is 17.8. The van der Waals surface area contributed by atoms with Crippen LogP contribution in [0.4, 0.5) is 0 Å². The molecule has 2 nitrogen and oxygen atoms in total. The summed E-state index contributed by atoms with van der Waals surface area (Å²) >= 11 is 0. The van der Waals surface area contributed by atoms with E-state index in [1.807, 2.05) is 0 Å². The first-order valence-electron chi connectivity index (χ1n) is 34.0. The van der Waals surface area contributed by atoms with Crippen molar-refractivity contribution < 1.29 is 0 Å². The van der Waals surface area contributed by atoms with Gasteiger partial charge in [-0.3, -0.25) is 0 Å². The van der Waals surface area contributed by atoms with E-state index in [9.17, 15) is 0 Å². The monoisotopic (exact) mass is 1220 g/mol. The minimum Gasteiger partial charge on any atom is -0.243 e. The molecule has 2 spiro atoms. The molecule has 1 unspecified atom stereocenters. The Morgan fingerprint density at radius 3 is 1.00 bits per heavy atom. The predicted octanol–water partition coefficient (Wildman–Crippen LogP) is 23.8. The van der Waals surface area contributed by atoms with E-state index in [1.165, 1.54) is 106 Å². The maximum atomic E-state index is 6.00. The molecule has 2 heteroatoms. The molecule has 6 aliphatic rings. The molecule has 0 radical (unpaired) electrons. The van der Waals surface area contributed by atoms with Crippen molar-refractivity contribution >= 4 is 22.2 Å². The molecule has 0 N–H and O–H groups in total. The third kappa shape index (κ3) is 7.93. The lowest BCUT2D eigenvalue weighted by Gasteiger charge is -2.36. The predicted molar refractivity (Wildman–Crippen MR) is 397 cm³/mol. The minimum absolute atomic E-state index is 0.268. The van der Waals surface area contributed by atoms with E-state index < -0.39 is 5.41 Å². The van der Waals surface area contributed by atoms with Gasteiger partial charge in [-0.1, -0.05) is 303 Å². The van der Waals surface area contributed by atoms with Crippen LogP contribution in [0, 0.1) is 0 Å². The standard InChI is InChI=1S/C94H62N2/c1-3-21-59(22-4-1)65-25-19-27-69(55-65)71-53-54-72(70-28-20-26-66(56-70)60-23-5-2-6-24-60)92-91(71)95-89(63-45-41-61(42-46-63)67-49-51-79-77-33-11-17-39-85(77)93(87(79)57-67)81-35-13-7-29-73(81)74-30-8-14-36-82(74)93)90(96-92)64-47-43-62(44-48-64)68-50-52-80-78-34-12-18-40-86(78)94(88(80)58-68)83-37-15-9-31-75(83)76-32-10-16-38-84(76)94/h1-15,17,19-37,39,41-58H,16,18,38,40H2. The third-order valence-corrected chi connectivity index (χ3v) is 21.9. The van der Waals surface area contributed by atoms with Crippen LogP contribution < -0.4 is 0 Å². The van der Waals surface area contributed by atoms with Gasteiger partial charge in [0.1, 0.15) is 0 Å². The SMILES string of the molecule is C1=CC2=C(CC1)C1(C3=C(C=CCC3)c3ccc(-c4ccc(-c5nc6c(-c7cccc(-c8ccccc8)c7)ccc(-c7cccc(-c8ccccc8)c7)c6nc5-c5ccc(-c6ccc7c(c6)C6(c8ccccc8-c8ccccc86)c6ccccc6-7)cc5)cc4)cc31)c1ccccc12. The second-order valence-electron chi connectivity index (χ2n) is 26.7. The van der Waals surface area contributed by atoms with Gasteiger partial charge in [0.2, 0.25) is 0 Å². The average Bonchev–Trinajstić information content (AvgIpc) is 1.52. The molecule has 0 amide bonds. The molecule has 0 fully saturated rings. The Morgan fingerprint density at radius 1 is 0.219 bits per heavy atom. The third-order valence-electron chi connectivity index (χ3n) is 21.9. The second-order valence-corrected chi connectivity index (χ2v) is 26.7. The van der Waals surface area contributed by atoms with Crippen LogP contribution in [0.5, 0.6) is 0 Å². The Morgan fingerprint density at radius 2 is 0.531 bits per heavy atom. The lowest BCUT2D eigenvalue weighted by molar-refractivity contribution is 0.661. The van der Waals surface area contributed by atoms with E-state index in [-0.39, 0.29) is 5.41 Å². The summed E-state index contributed by atoms with van der Waals surface area (Å²) in [5.41, 5.74) is 40.4. The quantitative estimate of drug-likeness (QED) is 0.152. The van der Waals surface area contributed by atoms with Crippen molar-refractivity contribution in [1.82, 2.24) is 9.97 Å². The van der Waals surface area contributed by atoms with Crippen LogP contribution in [0.25, 0.3) is 134 Å². The molecule has 0 saturated heterocycles. The molecule has 13 aromatic carbocycles. The molecule has 0 saturated carbocycles. The van der Waals surface area contributed by atoms with Crippen LogP contribution in [0.1, 0.15) is 70.2 Å². The summed E-state index contributed by atoms with van der Waals surface area (Å²) in [5.74, 6) is 0. The Bertz CT molecular complexity index is 5670. The fraction of sp³-hybridized carbons (Fsp3) is 0.0638. The van der Waals surface area contributed by atoms with Crippen molar-refractivity contribution in [2.75, 3.05) is 0 Å². The number of fused-ring (bicyclic) bond motifs is 19. The number of benzene rings is 13. The van der Waals surface area contributed by atoms with Crippen LogP contribution in [-0.2, 0) is 10.8 Å². The van der Waals surface area contributed by atoms with Gasteiger partial charge in [0.25, 0.3) is 0 Å². The van der Waals surface area contributed by atoms with Crippen molar-refractivity contribution in [3.8, 4) is 112 Å².